The summed E-state index contributed by atoms with van der Waals surface area (Å²) in [4.78, 5) is 47.5. The molecule has 0 aliphatic heterocycles. The molecule has 3 rings (SSSR count). The van der Waals surface area contributed by atoms with Crippen LogP contribution in [0.25, 0.3) is 10.9 Å². The summed E-state index contributed by atoms with van der Waals surface area (Å²) in [5, 5.41) is 1.61. The molecule has 0 fully saturated rings. The fraction of sp³-hybridized carbons (Fsp3) is 0.308. The van der Waals surface area contributed by atoms with E-state index in [-0.39, 0.29) is 35.8 Å². The number of hydrogen-bond donors (Lipinski definition) is 0. The maximum absolute atomic E-state index is 14.0. The van der Waals surface area contributed by atoms with Crippen LogP contribution >= 0.6 is 11.6 Å². The van der Waals surface area contributed by atoms with Gasteiger partial charge in [0.05, 0.1) is 35.0 Å². The second-order valence-corrected chi connectivity index (χ2v) is 9.43. The van der Waals surface area contributed by atoms with Gasteiger partial charge in [-0.05, 0) is 57.5 Å². The first-order valence-corrected chi connectivity index (χ1v) is 11.3. The molecule has 1 heterocycles. The molecule has 0 atom stereocenters. The number of hydroxylamine groups is 2. The van der Waals surface area contributed by atoms with Crippen molar-refractivity contribution in [1.82, 2.24) is 14.6 Å². The predicted molar refractivity (Wildman–Crippen MR) is 132 cm³/mol. The lowest BCUT2D eigenvalue weighted by atomic mass is 9.98. The summed E-state index contributed by atoms with van der Waals surface area (Å²) in [6.45, 7) is 6.24. The lowest BCUT2D eigenvalue weighted by Gasteiger charge is -2.20. The number of terminal acetylenes is 1. The minimum atomic E-state index is -0.930. The summed E-state index contributed by atoms with van der Waals surface area (Å²) in [5.74, 6) is 0.577. The molecular weight excluding hydrogens is 489 g/mol. The highest BCUT2D eigenvalue weighted by molar-refractivity contribution is 6.32. The van der Waals surface area contributed by atoms with Gasteiger partial charge in [-0.1, -0.05) is 29.7 Å². The van der Waals surface area contributed by atoms with Crippen LogP contribution in [0.15, 0.2) is 41.2 Å². The zero-order valence-electron chi connectivity index (χ0n) is 20.3. The lowest BCUT2D eigenvalue weighted by Crippen LogP contribution is -2.30. The number of hydrogen-bond acceptors (Lipinski definition) is 7. The number of aromatic nitrogens is 2. The molecule has 0 unspecified atom stereocenters. The minimum Gasteiger partial charge on any atom is -0.443 e. The van der Waals surface area contributed by atoms with Gasteiger partial charge in [-0.2, -0.15) is 0 Å². The van der Waals surface area contributed by atoms with Crippen molar-refractivity contribution in [3.8, 4) is 12.3 Å². The Morgan fingerprint density at radius 1 is 1.25 bits per heavy atom. The Kier molecular flexibility index (Phi) is 8.13. The van der Waals surface area contributed by atoms with Crippen LogP contribution in [0.1, 0.15) is 42.5 Å². The largest absolute Gasteiger partial charge is 0.443 e. The van der Waals surface area contributed by atoms with Crippen molar-refractivity contribution in [2.24, 2.45) is 5.41 Å². The second kappa shape index (κ2) is 10.9. The topological polar surface area (TPSA) is 90.7 Å². The number of aryl methyl sites for hydroxylation is 1. The summed E-state index contributed by atoms with van der Waals surface area (Å²) in [6, 6.07) is 8.41. The Bertz CT molecular complexity index is 1420. The van der Waals surface area contributed by atoms with Crippen LogP contribution in [0.4, 0.5) is 4.39 Å². The number of carbonyl (C=O) groups is 2. The average molecular weight is 514 g/mol. The number of halogens is 2. The van der Waals surface area contributed by atoms with E-state index in [9.17, 15) is 18.8 Å². The van der Waals surface area contributed by atoms with E-state index in [1.54, 1.807) is 27.7 Å². The van der Waals surface area contributed by atoms with Crippen LogP contribution in [-0.4, -0.2) is 33.1 Å². The van der Waals surface area contributed by atoms with Crippen molar-refractivity contribution in [3.05, 3.63) is 74.5 Å². The molecule has 8 nitrogen and oxygen atoms in total. The van der Waals surface area contributed by atoms with Crippen LogP contribution in [0.2, 0.25) is 5.02 Å². The molecule has 0 saturated carbocycles. The highest BCUT2D eigenvalue weighted by Gasteiger charge is 2.24. The first-order valence-electron chi connectivity index (χ1n) is 10.9. The van der Waals surface area contributed by atoms with Crippen LogP contribution in [0, 0.1) is 30.5 Å². The highest BCUT2D eigenvalue weighted by Crippen LogP contribution is 2.24. The zero-order valence-corrected chi connectivity index (χ0v) is 21.1. The van der Waals surface area contributed by atoms with Crippen LogP contribution in [0.3, 0.4) is 0 Å². The molecule has 3 aromatic rings. The van der Waals surface area contributed by atoms with Gasteiger partial charge in [0.1, 0.15) is 11.6 Å². The molecule has 0 aliphatic rings. The monoisotopic (exact) mass is 513 g/mol. The molecule has 0 spiro atoms. The van der Waals surface area contributed by atoms with E-state index < -0.39 is 28.7 Å². The van der Waals surface area contributed by atoms with Crippen molar-refractivity contribution < 1.29 is 23.6 Å². The maximum atomic E-state index is 14.0. The number of carbonyl (C=O) groups excluding carboxylic acids is 2. The third-order valence-corrected chi connectivity index (χ3v) is 5.52. The third kappa shape index (κ3) is 6.08. The van der Waals surface area contributed by atoms with Crippen molar-refractivity contribution in [3.63, 3.8) is 0 Å². The molecule has 0 amide bonds. The van der Waals surface area contributed by atoms with E-state index in [1.807, 2.05) is 0 Å². The molecular formula is C26H25ClFN3O5. The number of rotatable bonds is 7. The second-order valence-electron chi connectivity index (χ2n) is 9.02. The Hall–Kier alpha value is -3.74. The molecule has 0 N–H and O–H groups in total. The minimum absolute atomic E-state index is 0.0779. The number of esters is 1. The summed E-state index contributed by atoms with van der Waals surface area (Å²) >= 11 is 6.43. The van der Waals surface area contributed by atoms with E-state index in [1.165, 1.54) is 34.9 Å². The highest BCUT2D eigenvalue weighted by atomic mass is 35.5. The third-order valence-electron chi connectivity index (χ3n) is 5.17. The Morgan fingerprint density at radius 3 is 2.58 bits per heavy atom. The number of benzene rings is 2. The van der Waals surface area contributed by atoms with Crippen molar-refractivity contribution in [1.29, 1.82) is 0 Å². The van der Waals surface area contributed by atoms with E-state index in [4.69, 9.17) is 27.6 Å². The standard InChI is InChI=1S/C26H25ClFN3O5/c1-6-11-30(36-24(33)18-9-7-8-10-21(18)28)14-17-12-19-22(13-20(17)27)29-16(2)31(23(19)32)15-35-25(34)26(3,4)5/h1,7-10,12-13H,11,14-15H2,2-5H3. The maximum Gasteiger partial charge on any atom is 0.360 e. The predicted octanol–water partition coefficient (Wildman–Crippen LogP) is 4.25. The number of fused-ring (bicyclic) bond motifs is 1. The molecule has 188 valence electrons. The smallest absolute Gasteiger partial charge is 0.360 e. The van der Waals surface area contributed by atoms with Gasteiger partial charge in [0, 0.05) is 5.02 Å². The lowest BCUT2D eigenvalue weighted by molar-refractivity contribution is -0.157. The molecule has 0 bridgehead atoms. The van der Waals surface area contributed by atoms with Gasteiger partial charge in [-0.25, -0.2) is 14.2 Å². The van der Waals surface area contributed by atoms with Crippen molar-refractivity contribution >= 4 is 34.4 Å². The van der Waals surface area contributed by atoms with Gasteiger partial charge < -0.3 is 9.57 Å². The average Bonchev–Trinajstić information content (AvgIpc) is 2.79. The fourth-order valence-corrected chi connectivity index (χ4v) is 3.43. The van der Waals surface area contributed by atoms with E-state index in [0.717, 1.165) is 11.1 Å². The summed E-state index contributed by atoms with van der Waals surface area (Å²) in [7, 11) is 0. The summed E-state index contributed by atoms with van der Waals surface area (Å²) in [6.07, 6.45) is 5.41. The van der Waals surface area contributed by atoms with E-state index in [0.29, 0.717) is 16.9 Å². The number of nitrogens with zero attached hydrogens (tertiary/aromatic N) is 3. The fourth-order valence-electron chi connectivity index (χ4n) is 3.22. The SMILES string of the molecule is C#CCN(Cc1cc2c(=O)n(COC(=O)C(C)(C)C)c(C)nc2cc1Cl)OC(=O)c1ccccc1F. The van der Waals surface area contributed by atoms with Gasteiger partial charge in [0.15, 0.2) is 6.73 Å². The van der Waals surface area contributed by atoms with Gasteiger partial charge in [-0.3, -0.25) is 14.2 Å². The molecule has 0 aliphatic carbocycles. The van der Waals surface area contributed by atoms with Gasteiger partial charge >= 0.3 is 11.9 Å². The molecule has 36 heavy (non-hydrogen) atoms. The van der Waals surface area contributed by atoms with Gasteiger partial charge in [-0.15, -0.1) is 11.5 Å². The van der Waals surface area contributed by atoms with Crippen molar-refractivity contribution in [2.45, 2.75) is 41.0 Å². The Morgan fingerprint density at radius 2 is 1.94 bits per heavy atom. The number of ether oxygens (including phenoxy) is 1. The summed E-state index contributed by atoms with van der Waals surface area (Å²) < 4.78 is 20.5. The van der Waals surface area contributed by atoms with E-state index in [2.05, 4.69) is 10.9 Å². The molecule has 0 saturated heterocycles. The van der Waals surface area contributed by atoms with Gasteiger partial charge in [0.25, 0.3) is 5.56 Å². The van der Waals surface area contributed by atoms with Crippen molar-refractivity contribution in [2.75, 3.05) is 6.54 Å². The van der Waals surface area contributed by atoms with Gasteiger partial charge in [0.2, 0.25) is 0 Å². The zero-order chi connectivity index (χ0) is 26.6. The van der Waals surface area contributed by atoms with E-state index >= 15 is 0 Å². The quantitative estimate of drug-likeness (QED) is 0.265. The first kappa shape index (κ1) is 26.9. The Labute approximate surface area is 212 Å². The molecule has 1 aromatic heterocycles. The van der Waals surface area contributed by atoms with Crippen LogP contribution in [0.5, 0.6) is 0 Å². The summed E-state index contributed by atoms with van der Waals surface area (Å²) in [5.41, 5.74) is -0.665. The first-order chi connectivity index (χ1) is 16.9. The normalized spacial score (nSPS) is 11.4. The Balaban J connectivity index is 1.92. The van der Waals surface area contributed by atoms with Crippen LogP contribution in [-0.2, 0) is 27.6 Å². The molecule has 10 heteroatoms. The molecule has 2 aromatic carbocycles. The molecule has 0 radical (unpaired) electrons. The van der Waals surface area contributed by atoms with Crippen LogP contribution < -0.4 is 5.56 Å².